The van der Waals surface area contributed by atoms with Gasteiger partial charge in [-0.15, -0.1) is 0 Å². The second-order valence-corrected chi connectivity index (χ2v) is 4.25. The van der Waals surface area contributed by atoms with Gasteiger partial charge in [0.05, 0.1) is 5.56 Å². The Morgan fingerprint density at radius 3 is 2.47 bits per heavy atom. The molecule has 0 atom stereocenters. The van der Waals surface area contributed by atoms with Gasteiger partial charge in [-0.3, -0.25) is 0 Å². The van der Waals surface area contributed by atoms with E-state index in [0.29, 0.717) is 22.6 Å². The molecule has 0 fully saturated rings. The maximum atomic E-state index is 12.6. The topological polar surface area (TPSA) is 4.93 Å². The number of hydrogen-bond donors (Lipinski definition) is 0. The van der Waals surface area contributed by atoms with Crippen LogP contribution in [0.1, 0.15) is 18.1 Å². The lowest BCUT2D eigenvalue weighted by molar-refractivity contribution is -0.137. The predicted octanol–water partition coefficient (Wildman–Crippen LogP) is 4.64. The van der Waals surface area contributed by atoms with E-state index in [9.17, 15) is 13.2 Å². The van der Waals surface area contributed by atoms with Gasteiger partial charge in [-0.05, 0) is 37.6 Å². The molecule has 0 aliphatic heterocycles. The van der Waals surface area contributed by atoms with Gasteiger partial charge >= 0.3 is 6.18 Å². The highest BCUT2D eigenvalue weighted by atomic mass is 35.5. The Bertz CT molecular complexity index is 569. The molecular weight excluding hydrogens is 251 g/mol. The SMILES string of the molecule is CCn1c(Cl)c(C)c2cc(C(F)(F)F)ccc21. The van der Waals surface area contributed by atoms with Crippen LogP contribution in [0, 0.1) is 6.92 Å². The van der Waals surface area contributed by atoms with Crippen molar-refractivity contribution in [3.63, 3.8) is 0 Å². The molecule has 2 rings (SSSR count). The molecule has 0 spiro atoms. The molecule has 0 amide bonds. The van der Waals surface area contributed by atoms with Crippen LogP contribution in [-0.4, -0.2) is 4.57 Å². The highest BCUT2D eigenvalue weighted by Gasteiger charge is 2.31. The van der Waals surface area contributed by atoms with Crippen LogP contribution in [0.2, 0.25) is 5.15 Å². The Labute approximate surface area is 102 Å². The van der Waals surface area contributed by atoms with Crippen LogP contribution in [0.15, 0.2) is 18.2 Å². The average Bonchev–Trinajstić information content (AvgIpc) is 2.50. The lowest BCUT2D eigenvalue weighted by Gasteiger charge is -2.07. The van der Waals surface area contributed by atoms with Crippen molar-refractivity contribution in [3.05, 3.63) is 34.5 Å². The van der Waals surface area contributed by atoms with Crippen molar-refractivity contribution < 1.29 is 13.2 Å². The molecular formula is C12H11ClF3N. The molecule has 0 saturated carbocycles. The molecule has 0 radical (unpaired) electrons. The van der Waals surface area contributed by atoms with Gasteiger partial charge in [0.1, 0.15) is 5.15 Å². The van der Waals surface area contributed by atoms with E-state index in [-0.39, 0.29) is 0 Å². The van der Waals surface area contributed by atoms with E-state index in [0.717, 1.165) is 17.6 Å². The largest absolute Gasteiger partial charge is 0.416 e. The zero-order chi connectivity index (χ0) is 12.8. The summed E-state index contributed by atoms with van der Waals surface area (Å²) < 4.78 is 39.6. The fourth-order valence-corrected chi connectivity index (χ4v) is 2.29. The van der Waals surface area contributed by atoms with Crippen LogP contribution in [0.3, 0.4) is 0 Å². The third-order valence-electron chi connectivity index (χ3n) is 2.88. The van der Waals surface area contributed by atoms with Gasteiger partial charge < -0.3 is 4.57 Å². The van der Waals surface area contributed by atoms with E-state index >= 15 is 0 Å². The fourth-order valence-electron chi connectivity index (χ4n) is 1.98. The molecule has 0 aliphatic carbocycles. The van der Waals surface area contributed by atoms with Crippen LogP contribution < -0.4 is 0 Å². The molecule has 0 aliphatic rings. The molecule has 5 heteroatoms. The summed E-state index contributed by atoms with van der Waals surface area (Å²) in [6.45, 7) is 4.27. The van der Waals surface area contributed by atoms with Gasteiger partial charge in [-0.1, -0.05) is 11.6 Å². The van der Waals surface area contributed by atoms with Crippen molar-refractivity contribution >= 4 is 22.5 Å². The molecule has 0 saturated heterocycles. The molecule has 2 aromatic rings. The number of rotatable bonds is 1. The standard InChI is InChI=1S/C12H11ClF3N/c1-3-17-10-5-4-8(12(14,15)16)6-9(10)7(2)11(17)13/h4-6H,3H2,1-2H3. The van der Waals surface area contributed by atoms with Gasteiger partial charge in [-0.2, -0.15) is 13.2 Å². The van der Waals surface area contributed by atoms with Gasteiger partial charge in [0.15, 0.2) is 0 Å². The minimum Gasteiger partial charge on any atom is -0.332 e. The van der Waals surface area contributed by atoms with E-state index in [2.05, 4.69) is 0 Å². The van der Waals surface area contributed by atoms with E-state index in [1.165, 1.54) is 6.07 Å². The highest BCUT2D eigenvalue weighted by molar-refractivity contribution is 6.32. The Balaban J connectivity index is 2.75. The maximum absolute atomic E-state index is 12.6. The van der Waals surface area contributed by atoms with Gasteiger partial charge in [-0.25, -0.2) is 0 Å². The summed E-state index contributed by atoms with van der Waals surface area (Å²) in [6.07, 6.45) is -4.32. The third-order valence-corrected chi connectivity index (χ3v) is 3.37. The molecule has 0 unspecified atom stereocenters. The highest BCUT2D eigenvalue weighted by Crippen LogP contribution is 2.35. The first-order valence-corrected chi connectivity index (χ1v) is 5.59. The van der Waals surface area contributed by atoms with Crippen LogP contribution in [-0.2, 0) is 12.7 Å². The Morgan fingerprint density at radius 2 is 1.94 bits per heavy atom. The fraction of sp³-hybridized carbons (Fsp3) is 0.333. The summed E-state index contributed by atoms with van der Waals surface area (Å²) >= 11 is 6.09. The zero-order valence-corrected chi connectivity index (χ0v) is 10.2. The summed E-state index contributed by atoms with van der Waals surface area (Å²) in [5, 5.41) is 1.06. The smallest absolute Gasteiger partial charge is 0.332 e. The van der Waals surface area contributed by atoms with Crippen molar-refractivity contribution in [2.24, 2.45) is 0 Å². The van der Waals surface area contributed by atoms with Crippen LogP contribution >= 0.6 is 11.6 Å². The number of alkyl halides is 3. The average molecular weight is 262 g/mol. The van der Waals surface area contributed by atoms with Crippen molar-refractivity contribution in [1.82, 2.24) is 4.57 Å². The third kappa shape index (κ3) is 1.90. The molecule has 0 N–H and O–H groups in total. The number of aromatic nitrogens is 1. The van der Waals surface area contributed by atoms with Gasteiger partial charge in [0, 0.05) is 17.4 Å². The summed E-state index contributed by atoms with van der Waals surface area (Å²) in [5.41, 5.74) is 0.788. The Morgan fingerprint density at radius 1 is 1.29 bits per heavy atom. The number of halogens is 4. The minimum absolute atomic E-state index is 0.502. The molecule has 1 heterocycles. The summed E-state index contributed by atoms with van der Waals surface area (Å²) in [4.78, 5) is 0. The number of hydrogen-bond acceptors (Lipinski definition) is 0. The van der Waals surface area contributed by atoms with Crippen molar-refractivity contribution in [2.45, 2.75) is 26.6 Å². The van der Waals surface area contributed by atoms with Crippen molar-refractivity contribution in [2.75, 3.05) is 0 Å². The predicted molar refractivity (Wildman–Crippen MR) is 62.4 cm³/mol. The van der Waals surface area contributed by atoms with Crippen molar-refractivity contribution in [1.29, 1.82) is 0 Å². The molecule has 17 heavy (non-hydrogen) atoms. The second-order valence-electron chi connectivity index (χ2n) is 3.89. The Kier molecular flexibility index (Phi) is 2.86. The quantitative estimate of drug-likeness (QED) is 0.705. The molecule has 1 nitrogen and oxygen atoms in total. The summed E-state index contributed by atoms with van der Waals surface area (Å²) in [7, 11) is 0. The first kappa shape index (κ1) is 12.3. The lowest BCUT2D eigenvalue weighted by Crippen LogP contribution is -2.04. The maximum Gasteiger partial charge on any atom is 0.416 e. The molecule has 92 valence electrons. The minimum atomic E-state index is -4.32. The van der Waals surface area contributed by atoms with Crippen LogP contribution in [0.5, 0.6) is 0 Å². The zero-order valence-electron chi connectivity index (χ0n) is 9.40. The normalized spacial score (nSPS) is 12.4. The summed E-state index contributed by atoms with van der Waals surface area (Å²) in [6, 6.07) is 3.72. The van der Waals surface area contributed by atoms with Gasteiger partial charge in [0.25, 0.3) is 0 Å². The number of nitrogens with zero attached hydrogens (tertiary/aromatic N) is 1. The van der Waals surface area contributed by atoms with E-state index < -0.39 is 11.7 Å². The lowest BCUT2D eigenvalue weighted by atomic mass is 10.1. The Hall–Kier alpha value is -1.16. The molecule has 0 bridgehead atoms. The molecule has 1 aromatic heterocycles. The first-order chi connectivity index (χ1) is 7.86. The van der Waals surface area contributed by atoms with Gasteiger partial charge in [0.2, 0.25) is 0 Å². The van der Waals surface area contributed by atoms with E-state index in [4.69, 9.17) is 11.6 Å². The summed E-state index contributed by atoms with van der Waals surface area (Å²) in [5.74, 6) is 0. The second kappa shape index (κ2) is 3.95. The number of benzene rings is 1. The molecule has 1 aromatic carbocycles. The van der Waals surface area contributed by atoms with Crippen molar-refractivity contribution in [3.8, 4) is 0 Å². The van der Waals surface area contributed by atoms with Crippen LogP contribution in [0.4, 0.5) is 13.2 Å². The first-order valence-electron chi connectivity index (χ1n) is 5.21. The van der Waals surface area contributed by atoms with Crippen LogP contribution in [0.25, 0.3) is 10.9 Å². The monoisotopic (exact) mass is 261 g/mol. The number of fused-ring (bicyclic) bond motifs is 1. The van der Waals surface area contributed by atoms with E-state index in [1.54, 1.807) is 11.5 Å². The number of aryl methyl sites for hydroxylation is 2. The van der Waals surface area contributed by atoms with E-state index in [1.807, 2.05) is 6.92 Å².